The summed E-state index contributed by atoms with van der Waals surface area (Å²) in [5, 5.41) is 0. The quantitative estimate of drug-likeness (QED) is 0.739. The SMILES string of the molecule is CCCC(C)n1c(CCCl)nc2ccc(F)cc21. The van der Waals surface area contributed by atoms with Gasteiger partial charge in [-0.15, -0.1) is 11.6 Å². The zero-order valence-corrected chi connectivity index (χ0v) is 11.5. The van der Waals surface area contributed by atoms with Gasteiger partial charge in [-0.05, 0) is 31.5 Å². The Morgan fingerprint density at radius 2 is 2.22 bits per heavy atom. The van der Waals surface area contributed by atoms with Gasteiger partial charge in [-0.1, -0.05) is 13.3 Å². The molecule has 4 heteroatoms. The zero-order chi connectivity index (χ0) is 13.1. The first-order valence-corrected chi connectivity index (χ1v) is 6.93. The highest BCUT2D eigenvalue weighted by atomic mass is 35.5. The van der Waals surface area contributed by atoms with Gasteiger partial charge in [0.15, 0.2) is 0 Å². The Hall–Kier alpha value is -1.09. The van der Waals surface area contributed by atoms with Gasteiger partial charge in [0.1, 0.15) is 11.6 Å². The summed E-state index contributed by atoms with van der Waals surface area (Å²) < 4.78 is 15.5. The molecule has 2 rings (SSSR count). The van der Waals surface area contributed by atoms with Crippen molar-refractivity contribution in [2.75, 3.05) is 5.88 Å². The van der Waals surface area contributed by atoms with Crippen LogP contribution in [0.15, 0.2) is 18.2 Å². The molecular formula is C14H18ClFN2. The van der Waals surface area contributed by atoms with Gasteiger partial charge >= 0.3 is 0 Å². The molecule has 2 nitrogen and oxygen atoms in total. The van der Waals surface area contributed by atoms with Gasteiger partial charge in [0.2, 0.25) is 0 Å². The van der Waals surface area contributed by atoms with E-state index < -0.39 is 0 Å². The number of imidazole rings is 1. The summed E-state index contributed by atoms with van der Waals surface area (Å²) in [4.78, 5) is 4.56. The van der Waals surface area contributed by atoms with Gasteiger partial charge < -0.3 is 4.57 Å². The van der Waals surface area contributed by atoms with E-state index in [-0.39, 0.29) is 5.82 Å². The molecule has 0 saturated carbocycles. The first kappa shape index (κ1) is 13.3. The Morgan fingerprint density at radius 1 is 1.44 bits per heavy atom. The highest BCUT2D eigenvalue weighted by Crippen LogP contribution is 2.25. The highest BCUT2D eigenvalue weighted by Gasteiger charge is 2.15. The Labute approximate surface area is 112 Å². The number of rotatable bonds is 5. The summed E-state index contributed by atoms with van der Waals surface area (Å²) in [5.41, 5.74) is 1.72. The fourth-order valence-electron chi connectivity index (χ4n) is 2.42. The Morgan fingerprint density at radius 3 is 2.89 bits per heavy atom. The molecule has 1 unspecified atom stereocenters. The number of benzene rings is 1. The van der Waals surface area contributed by atoms with E-state index in [2.05, 4.69) is 23.4 Å². The minimum atomic E-state index is -0.218. The number of aryl methyl sites for hydroxylation is 1. The normalized spacial score (nSPS) is 13.1. The molecule has 0 fully saturated rings. The second-order valence-electron chi connectivity index (χ2n) is 4.61. The second-order valence-corrected chi connectivity index (χ2v) is 4.99. The van der Waals surface area contributed by atoms with Gasteiger partial charge in [0, 0.05) is 18.3 Å². The molecule has 0 saturated heterocycles. The maximum absolute atomic E-state index is 13.4. The van der Waals surface area contributed by atoms with Crippen molar-refractivity contribution in [3.05, 3.63) is 29.8 Å². The molecule has 0 spiro atoms. The van der Waals surface area contributed by atoms with Crippen molar-refractivity contribution < 1.29 is 4.39 Å². The van der Waals surface area contributed by atoms with Gasteiger partial charge in [-0.3, -0.25) is 0 Å². The van der Waals surface area contributed by atoms with Crippen LogP contribution in [0.4, 0.5) is 4.39 Å². The minimum absolute atomic E-state index is 0.218. The largest absolute Gasteiger partial charge is 0.325 e. The summed E-state index contributed by atoms with van der Waals surface area (Å²) >= 11 is 5.82. The third-order valence-corrected chi connectivity index (χ3v) is 3.38. The van der Waals surface area contributed by atoms with Crippen molar-refractivity contribution in [2.24, 2.45) is 0 Å². The number of aromatic nitrogens is 2. The predicted octanol–water partition coefficient (Wildman–Crippen LogP) is 4.32. The molecule has 1 atom stereocenters. The lowest BCUT2D eigenvalue weighted by Gasteiger charge is -2.16. The summed E-state index contributed by atoms with van der Waals surface area (Å²) in [6, 6.07) is 5.07. The van der Waals surface area contributed by atoms with Crippen molar-refractivity contribution in [2.45, 2.75) is 39.2 Å². The van der Waals surface area contributed by atoms with E-state index in [9.17, 15) is 4.39 Å². The molecule has 2 aromatic rings. The van der Waals surface area contributed by atoms with Gasteiger partial charge in [0.05, 0.1) is 11.0 Å². The molecular weight excluding hydrogens is 251 g/mol. The maximum Gasteiger partial charge on any atom is 0.125 e. The van der Waals surface area contributed by atoms with Crippen molar-refractivity contribution in [1.82, 2.24) is 9.55 Å². The first-order valence-electron chi connectivity index (χ1n) is 6.39. The number of alkyl halides is 1. The molecule has 98 valence electrons. The van der Waals surface area contributed by atoms with Crippen LogP contribution in [0.1, 0.15) is 38.6 Å². The Kier molecular flexibility index (Phi) is 4.23. The van der Waals surface area contributed by atoms with Crippen molar-refractivity contribution in [3.8, 4) is 0 Å². The molecule has 1 heterocycles. The average Bonchev–Trinajstić information content (AvgIpc) is 2.67. The Bertz CT molecular complexity index is 536. The number of fused-ring (bicyclic) bond motifs is 1. The highest BCUT2D eigenvalue weighted by molar-refractivity contribution is 6.17. The fraction of sp³-hybridized carbons (Fsp3) is 0.500. The van der Waals surface area contributed by atoms with E-state index in [1.165, 1.54) is 6.07 Å². The van der Waals surface area contributed by atoms with E-state index in [1.807, 2.05) is 0 Å². The molecule has 0 N–H and O–H groups in total. The van der Waals surface area contributed by atoms with Crippen LogP contribution < -0.4 is 0 Å². The van der Waals surface area contributed by atoms with Gasteiger partial charge in [0.25, 0.3) is 0 Å². The predicted molar refractivity (Wildman–Crippen MR) is 73.7 cm³/mol. The van der Waals surface area contributed by atoms with Crippen LogP contribution in [0.2, 0.25) is 0 Å². The second kappa shape index (κ2) is 5.70. The lowest BCUT2D eigenvalue weighted by molar-refractivity contribution is 0.495. The van der Waals surface area contributed by atoms with E-state index in [0.29, 0.717) is 18.3 Å². The van der Waals surface area contributed by atoms with E-state index in [0.717, 1.165) is 29.7 Å². The van der Waals surface area contributed by atoms with Crippen LogP contribution in [0.25, 0.3) is 11.0 Å². The molecule has 0 aliphatic carbocycles. The minimum Gasteiger partial charge on any atom is -0.325 e. The topological polar surface area (TPSA) is 17.8 Å². The zero-order valence-electron chi connectivity index (χ0n) is 10.8. The van der Waals surface area contributed by atoms with E-state index in [1.54, 1.807) is 12.1 Å². The van der Waals surface area contributed by atoms with Crippen LogP contribution in [0.5, 0.6) is 0 Å². The summed E-state index contributed by atoms with van der Waals surface area (Å²) in [6.45, 7) is 4.30. The monoisotopic (exact) mass is 268 g/mol. The van der Waals surface area contributed by atoms with Crippen molar-refractivity contribution >= 4 is 22.6 Å². The van der Waals surface area contributed by atoms with Gasteiger partial charge in [-0.25, -0.2) is 9.37 Å². The number of halogens is 2. The standard InChI is InChI=1S/C14H18ClFN2/c1-3-4-10(2)18-13-9-11(16)5-6-12(13)17-14(18)7-8-15/h5-6,9-10H,3-4,7-8H2,1-2H3. The molecule has 1 aromatic carbocycles. The average molecular weight is 269 g/mol. The molecule has 1 aromatic heterocycles. The number of nitrogens with zero attached hydrogens (tertiary/aromatic N) is 2. The van der Waals surface area contributed by atoms with E-state index in [4.69, 9.17) is 11.6 Å². The van der Waals surface area contributed by atoms with E-state index >= 15 is 0 Å². The molecule has 0 radical (unpaired) electrons. The van der Waals surface area contributed by atoms with Crippen molar-refractivity contribution in [3.63, 3.8) is 0 Å². The fourth-order valence-corrected chi connectivity index (χ4v) is 2.58. The molecule has 0 aliphatic rings. The molecule has 0 amide bonds. The summed E-state index contributed by atoms with van der Waals surface area (Å²) in [7, 11) is 0. The number of hydrogen-bond donors (Lipinski definition) is 0. The summed E-state index contributed by atoms with van der Waals surface area (Å²) in [5.74, 6) is 1.27. The maximum atomic E-state index is 13.4. The molecule has 0 bridgehead atoms. The summed E-state index contributed by atoms with van der Waals surface area (Å²) in [6.07, 6.45) is 2.86. The van der Waals surface area contributed by atoms with Crippen LogP contribution in [0, 0.1) is 5.82 Å². The number of hydrogen-bond acceptors (Lipinski definition) is 1. The third-order valence-electron chi connectivity index (χ3n) is 3.19. The smallest absolute Gasteiger partial charge is 0.125 e. The molecule has 18 heavy (non-hydrogen) atoms. The van der Waals surface area contributed by atoms with Crippen LogP contribution in [-0.4, -0.2) is 15.4 Å². The Balaban J connectivity index is 2.56. The lowest BCUT2D eigenvalue weighted by Crippen LogP contribution is -2.10. The molecule has 0 aliphatic heterocycles. The first-order chi connectivity index (χ1) is 8.67. The van der Waals surface area contributed by atoms with Crippen LogP contribution in [0.3, 0.4) is 0 Å². The van der Waals surface area contributed by atoms with Gasteiger partial charge in [-0.2, -0.15) is 0 Å². The lowest BCUT2D eigenvalue weighted by atomic mass is 10.2. The van der Waals surface area contributed by atoms with Crippen molar-refractivity contribution in [1.29, 1.82) is 0 Å². The van der Waals surface area contributed by atoms with Crippen LogP contribution >= 0.6 is 11.6 Å². The third kappa shape index (κ3) is 2.51. The van der Waals surface area contributed by atoms with Crippen LogP contribution in [-0.2, 0) is 6.42 Å².